The van der Waals surface area contributed by atoms with Crippen molar-refractivity contribution in [3.05, 3.63) is 37.0 Å². The van der Waals surface area contributed by atoms with E-state index in [2.05, 4.69) is 17.2 Å². The van der Waals surface area contributed by atoms with E-state index < -0.39 is 0 Å². The molecule has 16 heavy (non-hydrogen) atoms. The Morgan fingerprint density at radius 3 is 2.50 bits per heavy atom. The highest BCUT2D eigenvalue weighted by atomic mass is 16.2. The van der Waals surface area contributed by atoms with E-state index in [1.807, 2.05) is 45.0 Å². The largest absolute Gasteiger partial charge is 0.362 e. The number of benzene rings is 1. The molecule has 0 bridgehead atoms. The smallest absolute Gasteiger partial charge is 0.229 e. The molecule has 3 nitrogen and oxygen atoms in total. The van der Waals surface area contributed by atoms with Gasteiger partial charge in [0.25, 0.3) is 0 Å². The Hall–Kier alpha value is -1.77. The maximum atomic E-state index is 11.8. The summed E-state index contributed by atoms with van der Waals surface area (Å²) in [5.74, 6) is 0.00301. The average Bonchev–Trinajstić information content (AvgIpc) is 2.17. The van der Waals surface area contributed by atoms with Gasteiger partial charge in [-0.05, 0) is 24.4 Å². The second kappa shape index (κ2) is 4.84. The van der Waals surface area contributed by atoms with Gasteiger partial charge < -0.3 is 10.6 Å². The predicted octanol–water partition coefficient (Wildman–Crippen LogP) is 3.23. The Morgan fingerprint density at radius 2 is 1.94 bits per heavy atom. The van der Waals surface area contributed by atoms with Crippen LogP contribution in [-0.2, 0) is 4.79 Å². The Balaban J connectivity index is 2.78. The average molecular weight is 218 g/mol. The first-order valence-electron chi connectivity index (χ1n) is 5.22. The number of amides is 1. The lowest BCUT2D eigenvalue weighted by Gasteiger charge is -2.17. The molecule has 3 heteroatoms. The van der Waals surface area contributed by atoms with E-state index in [0.29, 0.717) is 0 Å². The highest BCUT2D eigenvalue weighted by molar-refractivity contribution is 5.94. The van der Waals surface area contributed by atoms with Gasteiger partial charge in [-0.15, -0.1) is 0 Å². The van der Waals surface area contributed by atoms with Crippen LogP contribution in [-0.4, -0.2) is 5.91 Å². The molecule has 0 saturated carbocycles. The fraction of sp³-hybridized carbons (Fsp3) is 0.308. The van der Waals surface area contributed by atoms with Gasteiger partial charge in [0, 0.05) is 16.8 Å². The van der Waals surface area contributed by atoms with Gasteiger partial charge in [-0.3, -0.25) is 4.79 Å². The maximum Gasteiger partial charge on any atom is 0.229 e. The fourth-order valence-corrected chi connectivity index (χ4v) is 1.12. The molecule has 0 unspecified atom stereocenters. The number of rotatable bonds is 3. The molecule has 0 heterocycles. The summed E-state index contributed by atoms with van der Waals surface area (Å²) in [6, 6.07) is 7.52. The Kier molecular flexibility index (Phi) is 3.72. The van der Waals surface area contributed by atoms with Crippen LogP contribution >= 0.6 is 0 Å². The quantitative estimate of drug-likeness (QED) is 0.817. The summed E-state index contributed by atoms with van der Waals surface area (Å²) in [7, 11) is 0. The van der Waals surface area contributed by atoms with Gasteiger partial charge >= 0.3 is 0 Å². The molecule has 1 aromatic rings. The molecule has 0 aliphatic carbocycles. The molecule has 0 atom stereocenters. The number of carbonyl (C=O) groups is 1. The van der Waals surface area contributed by atoms with Crippen LogP contribution in [0, 0.1) is 5.41 Å². The van der Waals surface area contributed by atoms with Crippen LogP contribution in [0.4, 0.5) is 11.4 Å². The van der Waals surface area contributed by atoms with Crippen molar-refractivity contribution in [3.8, 4) is 0 Å². The van der Waals surface area contributed by atoms with Crippen LogP contribution in [0.1, 0.15) is 20.8 Å². The molecule has 0 aliphatic rings. The van der Waals surface area contributed by atoms with E-state index in [1.165, 1.54) is 0 Å². The summed E-state index contributed by atoms with van der Waals surface area (Å²) in [6.07, 6.45) is 1.60. The standard InChI is InChI=1S/C13H18N2O/c1-5-14-10-7-6-8-11(9-10)15-12(16)13(2,3)4/h5-9,14H,1H2,2-4H3,(H,15,16). The molecule has 0 saturated heterocycles. The van der Waals surface area contributed by atoms with Gasteiger partial charge in [-0.25, -0.2) is 0 Å². The molecule has 0 fully saturated rings. The lowest BCUT2D eigenvalue weighted by Crippen LogP contribution is -2.27. The first kappa shape index (κ1) is 12.3. The Bertz CT molecular complexity index is 391. The maximum absolute atomic E-state index is 11.8. The van der Waals surface area contributed by atoms with E-state index in [4.69, 9.17) is 0 Å². The zero-order valence-corrected chi connectivity index (χ0v) is 10.0. The number of nitrogens with one attached hydrogen (secondary N) is 2. The van der Waals surface area contributed by atoms with E-state index in [-0.39, 0.29) is 11.3 Å². The van der Waals surface area contributed by atoms with E-state index >= 15 is 0 Å². The molecule has 0 aliphatic heterocycles. The summed E-state index contributed by atoms with van der Waals surface area (Å²) in [6.45, 7) is 9.24. The van der Waals surface area contributed by atoms with Gasteiger partial charge in [0.2, 0.25) is 5.91 Å². The second-order valence-electron chi connectivity index (χ2n) is 4.63. The van der Waals surface area contributed by atoms with Crippen LogP contribution in [0.5, 0.6) is 0 Å². The normalized spacial score (nSPS) is 10.7. The highest BCUT2D eigenvalue weighted by Gasteiger charge is 2.20. The SMILES string of the molecule is C=CNc1cccc(NC(=O)C(C)(C)C)c1. The zero-order valence-electron chi connectivity index (χ0n) is 10.0. The molecule has 0 radical (unpaired) electrons. The van der Waals surface area contributed by atoms with Crippen molar-refractivity contribution in [2.24, 2.45) is 5.41 Å². The summed E-state index contributed by atoms with van der Waals surface area (Å²) in [4.78, 5) is 11.8. The highest BCUT2D eigenvalue weighted by Crippen LogP contribution is 2.19. The number of carbonyl (C=O) groups excluding carboxylic acids is 1. The van der Waals surface area contributed by atoms with Crippen LogP contribution < -0.4 is 10.6 Å². The van der Waals surface area contributed by atoms with Crippen LogP contribution in [0.15, 0.2) is 37.0 Å². The molecular weight excluding hydrogens is 200 g/mol. The number of anilines is 2. The molecule has 1 rings (SSSR count). The zero-order chi connectivity index (χ0) is 12.2. The van der Waals surface area contributed by atoms with Crippen molar-refractivity contribution in [3.63, 3.8) is 0 Å². The van der Waals surface area contributed by atoms with Crippen molar-refractivity contribution < 1.29 is 4.79 Å². The lowest BCUT2D eigenvalue weighted by atomic mass is 9.95. The number of hydrogen-bond acceptors (Lipinski definition) is 2. The van der Waals surface area contributed by atoms with Crippen molar-refractivity contribution in [1.29, 1.82) is 0 Å². The van der Waals surface area contributed by atoms with Crippen LogP contribution in [0.25, 0.3) is 0 Å². The topological polar surface area (TPSA) is 41.1 Å². The van der Waals surface area contributed by atoms with Crippen molar-refractivity contribution in [1.82, 2.24) is 0 Å². The second-order valence-corrected chi connectivity index (χ2v) is 4.63. The molecular formula is C13H18N2O. The molecule has 0 aromatic heterocycles. The summed E-state index contributed by atoms with van der Waals surface area (Å²) in [5.41, 5.74) is 1.30. The van der Waals surface area contributed by atoms with Gasteiger partial charge in [0.15, 0.2) is 0 Å². The number of hydrogen-bond donors (Lipinski definition) is 2. The van der Waals surface area contributed by atoms with E-state index in [0.717, 1.165) is 11.4 Å². The Morgan fingerprint density at radius 1 is 1.31 bits per heavy atom. The fourth-order valence-electron chi connectivity index (χ4n) is 1.12. The minimum absolute atomic E-state index is 0.00301. The minimum Gasteiger partial charge on any atom is -0.362 e. The summed E-state index contributed by atoms with van der Waals surface area (Å²) < 4.78 is 0. The van der Waals surface area contributed by atoms with Crippen molar-refractivity contribution in [2.45, 2.75) is 20.8 Å². The lowest BCUT2D eigenvalue weighted by molar-refractivity contribution is -0.123. The Labute approximate surface area is 96.6 Å². The molecule has 2 N–H and O–H groups in total. The third kappa shape index (κ3) is 3.42. The van der Waals surface area contributed by atoms with Gasteiger partial charge in [0.05, 0.1) is 0 Å². The monoisotopic (exact) mass is 218 g/mol. The van der Waals surface area contributed by atoms with E-state index in [9.17, 15) is 4.79 Å². The van der Waals surface area contributed by atoms with Gasteiger partial charge in [0.1, 0.15) is 0 Å². The van der Waals surface area contributed by atoms with Gasteiger partial charge in [-0.1, -0.05) is 33.4 Å². The molecule has 1 amide bonds. The minimum atomic E-state index is -0.387. The van der Waals surface area contributed by atoms with Crippen LogP contribution in [0.3, 0.4) is 0 Å². The van der Waals surface area contributed by atoms with Gasteiger partial charge in [-0.2, -0.15) is 0 Å². The predicted molar refractivity (Wildman–Crippen MR) is 68.3 cm³/mol. The third-order valence-electron chi connectivity index (χ3n) is 2.07. The molecule has 86 valence electrons. The van der Waals surface area contributed by atoms with E-state index in [1.54, 1.807) is 6.20 Å². The van der Waals surface area contributed by atoms with Crippen molar-refractivity contribution in [2.75, 3.05) is 10.6 Å². The first-order chi connectivity index (χ1) is 7.43. The molecule has 1 aromatic carbocycles. The summed E-state index contributed by atoms with van der Waals surface area (Å²) in [5, 5.41) is 5.84. The molecule has 0 spiro atoms. The summed E-state index contributed by atoms with van der Waals surface area (Å²) >= 11 is 0. The van der Waals surface area contributed by atoms with Crippen LogP contribution in [0.2, 0.25) is 0 Å². The van der Waals surface area contributed by atoms with Crippen molar-refractivity contribution >= 4 is 17.3 Å². The first-order valence-corrected chi connectivity index (χ1v) is 5.22. The third-order valence-corrected chi connectivity index (χ3v) is 2.07.